The first kappa shape index (κ1) is 15.9. The van der Waals surface area contributed by atoms with E-state index in [2.05, 4.69) is 0 Å². The topological polar surface area (TPSA) is 43.1 Å². The average molecular weight is 335 g/mol. The monoisotopic (exact) mass is 333 g/mol. The number of amides is 1. The Kier molecular flexibility index (Phi) is 3.82. The number of rotatable bonds is 4. The first-order valence-electron chi connectivity index (χ1n) is 6.60. The SMILES string of the molecule is CCC1(C(C)c2ccc(Cl)cc2)C(Cl)(Cl)C1(C)C(N)=O. The minimum absolute atomic E-state index is 0.00253. The van der Waals surface area contributed by atoms with Crippen LogP contribution >= 0.6 is 34.8 Å². The third-order valence-corrected chi connectivity index (χ3v) is 6.86. The Bertz CT molecular complexity index is 543. The molecule has 20 heavy (non-hydrogen) atoms. The molecule has 1 fully saturated rings. The average Bonchev–Trinajstić information content (AvgIpc) is 2.80. The number of carbonyl (C=O) groups is 1. The lowest BCUT2D eigenvalue weighted by Crippen LogP contribution is -2.30. The number of benzene rings is 1. The lowest BCUT2D eigenvalue weighted by atomic mass is 9.77. The van der Waals surface area contributed by atoms with Gasteiger partial charge in [-0.3, -0.25) is 4.79 Å². The van der Waals surface area contributed by atoms with Gasteiger partial charge in [0.1, 0.15) is 4.33 Å². The second kappa shape index (κ2) is 4.79. The predicted molar refractivity (Wildman–Crippen MR) is 84.3 cm³/mol. The van der Waals surface area contributed by atoms with Crippen molar-refractivity contribution in [3.8, 4) is 0 Å². The lowest BCUT2D eigenvalue weighted by molar-refractivity contribution is -0.124. The van der Waals surface area contributed by atoms with Gasteiger partial charge in [0.25, 0.3) is 0 Å². The molecule has 1 aromatic carbocycles. The highest BCUT2D eigenvalue weighted by Crippen LogP contribution is 2.83. The summed E-state index contributed by atoms with van der Waals surface area (Å²) >= 11 is 18.9. The standard InChI is InChI=1S/C15H18Cl3NO/c1-4-14(13(3,12(19)20)15(14,17)18)9(2)10-5-7-11(16)8-6-10/h5-9H,4H2,1-3H3,(H2,19,20). The summed E-state index contributed by atoms with van der Waals surface area (Å²) in [5.74, 6) is -0.456. The third kappa shape index (κ3) is 1.68. The molecule has 1 saturated carbocycles. The van der Waals surface area contributed by atoms with E-state index >= 15 is 0 Å². The molecule has 0 heterocycles. The molecule has 1 aliphatic rings. The van der Waals surface area contributed by atoms with Crippen molar-refractivity contribution in [3.63, 3.8) is 0 Å². The zero-order valence-corrected chi connectivity index (χ0v) is 14.0. The minimum Gasteiger partial charge on any atom is -0.369 e. The van der Waals surface area contributed by atoms with Crippen molar-refractivity contribution in [2.45, 2.75) is 37.4 Å². The molecule has 3 unspecified atom stereocenters. The van der Waals surface area contributed by atoms with Crippen LogP contribution in [0.3, 0.4) is 0 Å². The molecule has 0 radical (unpaired) electrons. The molecule has 3 atom stereocenters. The van der Waals surface area contributed by atoms with Crippen LogP contribution in [0.4, 0.5) is 0 Å². The zero-order chi connectivity index (χ0) is 15.3. The molecular weight excluding hydrogens is 317 g/mol. The molecule has 2 nitrogen and oxygen atoms in total. The van der Waals surface area contributed by atoms with Crippen LogP contribution in [0, 0.1) is 10.8 Å². The molecule has 2 rings (SSSR count). The van der Waals surface area contributed by atoms with Gasteiger partial charge in [0.15, 0.2) is 0 Å². The zero-order valence-electron chi connectivity index (χ0n) is 11.7. The van der Waals surface area contributed by atoms with Crippen LogP contribution in [0.25, 0.3) is 0 Å². The van der Waals surface area contributed by atoms with Gasteiger partial charge >= 0.3 is 0 Å². The van der Waals surface area contributed by atoms with Gasteiger partial charge in [-0.2, -0.15) is 0 Å². The maximum Gasteiger partial charge on any atom is 0.227 e. The fourth-order valence-corrected chi connectivity index (χ4v) is 5.25. The molecule has 5 heteroatoms. The summed E-state index contributed by atoms with van der Waals surface area (Å²) < 4.78 is -1.15. The number of halogens is 3. The van der Waals surface area contributed by atoms with Crippen LogP contribution in [-0.2, 0) is 4.79 Å². The van der Waals surface area contributed by atoms with Gasteiger partial charge in [0, 0.05) is 10.4 Å². The van der Waals surface area contributed by atoms with Crippen molar-refractivity contribution in [2.24, 2.45) is 16.6 Å². The second-order valence-corrected chi connectivity index (χ2v) is 7.43. The Labute approximate surface area is 134 Å². The number of primary amides is 1. The number of nitrogens with two attached hydrogens (primary N) is 1. The minimum atomic E-state index is -1.15. The number of hydrogen-bond acceptors (Lipinski definition) is 1. The van der Waals surface area contributed by atoms with Crippen LogP contribution in [0.1, 0.15) is 38.7 Å². The number of carbonyl (C=O) groups excluding carboxylic acids is 1. The maximum atomic E-state index is 11.9. The van der Waals surface area contributed by atoms with E-state index in [9.17, 15) is 4.79 Å². The summed E-state index contributed by atoms with van der Waals surface area (Å²) in [6.07, 6.45) is 0.670. The van der Waals surface area contributed by atoms with E-state index in [-0.39, 0.29) is 5.92 Å². The van der Waals surface area contributed by atoms with E-state index in [1.165, 1.54) is 0 Å². The number of alkyl halides is 2. The Morgan fingerprint density at radius 2 is 1.80 bits per heavy atom. The Morgan fingerprint density at radius 1 is 1.30 bits per heavy atom. The van der Waals surface area contributed by atoms with Gasteiger partial charge in [-0.05, 0) is 37.0 Å². The van der Waals surface area contributed by atoms with E-state index in [0.717, 1.165) is 5.56 Å². The first-order valence-corrected chi connectivity index (χ1v) is 7.73. The first-order chi connectivity index (χ1) is 9.16. The highest BCUT2D eigenvalue weighted by molar-refractivity contribution is 6.54. The molecule has 0 spiro atoms. The van der Waals surface area contributed by atoms with E-state index in [1.54, 1.807) is 6.92 Å². The van der Waals surface area contributed by atoms with Crippen molar-refractivity contribution >= 4 is 40.7 Å². The summed E-state index contributed by atoms with van der Waals surface area (Å²) in [5, 5.41) is 0.669. The highest BCUT2D eigenvalue weighted by Gasteiger charge is 2.87. The van der Waals surface area contributed by atoms with Crippen molar-refractivity contribution in [1.29, 1.82) is 0 Å². The molecule has 0 bridgehead atoms. The van der Waals surface area contributed by atoms with E-state index in [0.29, 0.717) is 11.4 Å². The van der Waals surface area contributed by atoms with Gasteiger partial charge in [-0.25, -0.2) is 0 Å². The molecule has 2 N–H and O–H groups in total. The van der Waals surface area contributed by atoms with Crippen molar-refractivity contribution in [2.75, 3.05) is 0 Å². The van der Waals surface area contributed by atoms with Crippen molar-refractivity contribution in [3.05, 3.63) is 34.9 Å². The Morgan fingerprint density at radius 3 is 2.15 bits per heavy atom. The molecule has 0 saturated heterocycles. The number of hydrogen-bond donors (Lipinski definition) is 1. The summed E-state index contributed by atoms with van der Waals surface area (Å²) in [5.41, 5.74) is 5.12. The van der Waals surface area contributed by atoms with Gasteiger partial charge in [-0.1, -0.05) is 60.8 Å². The van der Waals surface area contributed by atoms with Crippen LogP contribution in [0.5, 0.6) is 0 Å². The summed E-state index contributed by atoms with van der Waals surface area (Å²) in [6, 6.07) is 7.53. The Hall–Kier alpha value is -0.440. The van der Waals surface area contributed by atoms with Gasteiger partial charge in [0.2, 0.25) is 5.91 Å². The summed E-state index contributed by atoms with van der Waals surface area (Å²) in [6.45, 7) is 5.77. The van der Waals surface area contributed by atoms with Gasteiger partial charge < -0.3 is 5.73 Å². The van der Waals surface area contributed by atoms with Crippen LogP contribution in [-0.4, -0.2) is 10.2 Å². The molecule has 0 aromatic heterocycles. The molecule has 1 amide bonds. The summed E-state index contributed by atoms with van der Waals surface area (Å²) in [7, 11) is 0. The second-order valence-electron chi connectivity index (χ2n) is 5.66. The van der Waals surface area contributed by atoms with Crippen LogP contribution < -0.4 is 5.73 Å². The largest absolute Gasteiger partial charge is 0.369 e. The van der Waals surface area contributed by atoms with E-state index in [1.807, 2.05) is 38.1 Å². The normalized spacial score (nSPS) is 32.7. The van der Waals surface area contributed by atoms with Crippen molar-refractivity contribution < 1.29 is 4.79 Å². The van der Waals surface area contributed by atoms with E-state index in [4.69, 9.17) is 40.5 Å². The van der Waals surface area contributed by atoms with Crippen molar-refractivity contribution in [1.82, 2.24) is 0 Å². The summed E-state index contributed by atoms with van der Waals surface area (Å²) in [4.78, 5) is 11.9. The third-order valence-electron chi connectivity index (χ3n) is 5.18. The maximum absolute atomic E-state index is 11.9. The predicted octanol–water partition coefficient (Wildman–Crippen LogP) is 4.52. The molecule has 1 aromatic rings. The van der Waals surface area contributed by atoms with Crippen LogP contribution in [0.15, 0.2) is 24.3 Å². The Balaban J connectivity index is 2.48. The molecule has 110 valence electrons. The van der Waals surface area contributed by atoms with Gasteiger partial charge in [-0.15, -0.1) is 0 Å². The molecule has 1 aliphatic carbocycles. The molecule has 0 aliphatic heterocycles. The lowest BCUT2D eigenvalue weighted by Gasteiger charge is -2.27. The van der Waals surface area contributed by atoms with Crippen LogP contribution in [0.2, 0.25) is 5.02 Å². The quantitative estimate of drug-likeness (QED) is 0.808. The highest BCUT2D eigenvalue weighted by atomic mass is 35.5. The van der Waals surface area contributed by atoms with E-state index < -0.39 is 21.1 Å². The fraction of sp³-hybridized carbons (Fsp3) is 0.533. The molecular formula is C15H18Cl3NO. The fourth-order valence-electron chi connectivity index (χ4n) is 3.72. The smallest absolute Gasteiger partial charge is 0.227 e. The van der Waals surface area contributed by atoms with Gasteiger partial charge in [0.05, 0.1) is 5.41 Å².